The monoisotopic (exact) mass is 475 g/mol. The first-order chi connectivity index (χ1) is 16.4. The molecule has 5 rings (SSSR count). The van der Waals surface area contributed by atoms with E-state index in [-0.39, 0.29) is 18.1 Å². The largest absolute Gasteiger partial charge is 0.495 e. The van der Waals surface area contributed by atoms with Gasteiger partial charge in [0.15, 0.2) is 5.76 Å². The summed E-state index contributed by atoms with van der Waals surface area (Å²) in [6.07, 6.45) is 9.10. The maximum absolute atomic E-state index is 13.6. The van der Waals surface area contributed by atoms with Gasteiger partial charge in [0.1, 0.15) is 11.9 Å². The lowest BCUT2D eigenvalue weighted by Crippen LogP contribution is -2.45. The van der Waals surface area contributed by atoms with Gasteiger partial charge in [0.05, 0.1) is 36.6 Å². The highest BCUT2D eigenvalue weighted by molar-refractivity contribution is 6.30. The number of fused-ring (bicyclic) bond motifs is 1. The van der Waals surface area contributed by atoms with Crippen LogP contribution < -0.4 is 4.74 Å². The van der Waals surface area contributed by atoms with E-state index in [0.29, 0.717) is 16.5 Å². The van der Waals surface area contributed by atoms with E-state index in [1.807, 2.05) is 72.0 Å². The second kappa shape index (κ2) is 9.03. The minimum Gasteiger partial charge on any atom is -0.495 e. The molecule has 34 heavy (non-hydrogen) atoms. The number of aromatic nitrogens is 2. The minimum absolute atomic E-state index is 0.0547. The van der Waals surface area contributed by atoms with Gasteiger partial charge >= 0.3 is 0 Å². The van der Waals surface area contributed by atoms with E-state index >= 15 is 0 Å². The summed E-state index contributed by atoms with van der Waals surface area (Å²) in [6.45, 7) is 3.92. The third-order valence-electron chi connectivity index (χ3n) is 6.28. The standard InChI is InChI=1S/C27H26ClN3O3/c1-17-15-30(16-29-17)24-12-7-19(13-25(24)33-3)14-26-27(32)31-22(18(2)34-26)5-4-6-23(31)20-8-10-21(28)11-9-20/h5,7-16,18,23H,4,6H2,1-3H3. The lowest BCUT2D eigenvalue weighted by atomic mass is 9.93. The van der Waals surface area contributed by atoms with Crippen molar-refractivity contribution in [3.63, 3.8) is 0 Å². The SMILES string of the molecule is COc1cc(C=C2OC(C)C3=CCCC(c4ccc(Cl)cc4)N3C2=O)ccc1-n1cnc(C)c1. The van der Waals surface area contributed by atoms with Crippen LogP contribution in [0.5, 0.6) is 5.75 Å². The highest BCUT2D eigenvalue weighted by Crippen LogP contribution is 2.40. The molecule has 0 aliphatic carbocycles. The van der Waals surface area contributed by atoms with Crippen molar-refractivity contribution in [3.05, 3.63) is 94.4 Å². The zero-order valence-electron chi connectivity index (χ0n) is 19.4. The van der Waals surface area contributed by atoms with Gasteiger partial charge in [0.2, 0.25) is 0 Å². The van der Waals surface area contributed by atoms with E-state index < -0.39 is 0 Å². The van der Waals surface area contributed by atoms with Crippen LogP contribution in [0, 0.1) is 6.92 Å². The van der Waals surface area contributed by atoms with Crippen LogP contribution in [0.2, 0.25) is 5.02 Å². The van der Waals surface area contributed by atoms with Crippen LogP contribution in [-0.4, -0.2) is 33.6 Å². The van der Waals surface area contributed by atoms with Crippen molar-refractivity contribution in [2.75, 3.05) is 7.11 Å². The molecule has 0 saturated carbocycles. The Kier molecular flexibility index (Phi) is 5.92. The number of halogens is 1. The average molecular weight is 476 g/mol. The van der Waals surface area contributed by atoms with E-state index in [0.717, 1.165) is 41.0 Å². The maximum atomic E-state index is 13.6. The van der Waals surface area contributed by atoms with E-state index in [9.17, 15) is 4.79 Å². The Hall–Kier alpha value is -3.51. The molecular formula is C27H26ClN3O3. The molecule has 6 nitrogen and oxygen atoms in total. The molecule has 3 aromatic rings. The molecule has 2 aromatic carbocycles. The summed E-state index contributed by atoms with van der Waals surface area (Å²) in [6, 6.07) is 13.5. The number of amides is 1. The number of allylic oxidation sites excluding steroid dienone is 1. The lowest BCUT2D eigenvalue weighted by molar-refractivity contribution is -0.137. The third kappa shape index (κ3) is 4.10. The van der Waals surface area contributed by atoms with Crippen molar-refractivity contribution >= 4 is 23.6 Å². The summed E-state index contributed by atoms with van der Waals surface area (Å²) in [5.74, 6) is 0.858. The first-order valence-corrected chi connectivity index (χ1v) is 11.7. The molecule has 0 radical (unpaired) electrons. The topological polar surface area (TPSA) is 56.6 Å². The highest BCUT2D eigenvalue weighted by atomic mass is 35.5. The number of ether oxygens (including phenoxy) is 2. The molecule has 1 saturated heterocycles. The summed E-state index contributed by atoms with van der Waals surface area (Å²) >= 11 is 6.09. The Balaban J connectivity index is 1.49. The Labute approximate surface area is 204 Å². The molecule has 0 bridgehead atoms. The van der Waals surface area contributed by atoms with Crippen molar-refractivity contribution in [1.82, 2.24) is 14.5 Å². The number of carbonyl (C=O) groups excluding carboxylic acids is 1. The molecule has 1 amide bonds. The molecule has 2 aliphatic rings. The molecule has 1 fully saturated rings. The predicted molar refractivity (Wildman–Crippen MR) is 132 cm³/mol. The lowest BCUT2D eigenvalue weighted by Gasteiger charge is -2.43. The van der Waals surface area contributed by atoms with Gasteiger partial charge < -0.3 is 14.0 Å². The Morgan fingerprint density at radius 3 is 2.71 bits per heavy atom. The van der Waals surface area contributed by atoms with Crippen LogP contribution in [0.25, 0.3) is 11.8 Å². The zero-order valence-corrected chi connectivity index (χ0v) is 20.1. The second-order valence-electron chi connectivity index (χ2n) is 8.57. The molecule has 1 aromatic heterocycles. The maximum Gasteiger partial charge on any atom is 0.293 e. The normalized spacial score (nSPS) is 21.2. The number of imidazole rings is 1. The van der Waals surface area contributed by atoms with Gasteiger partial charge in [-0.25, -0.2) is 4.98 Å². The molecular weight excluding hydrogens is 450 g/mol. The van der Waals surface area contributed by atoms with Crippen LogP contribution >= 0.6 is 11.6 Å². The zero-order chi connectivity index (χ0) is 23.8. The number of carbonyl (C=O) groups is 1. The van der Waals surface area contributed by atoms with Crippen LogP contribution in [0.4, 0.5) is 0 Å². The number of benzene rings is 2. The van der Waals surface area contributed by atoms with Gasteiger partial charge in [-0.15, -0.1) is 0 Å². The average Bonchev–Trinajstić information content (AvgIpc) is 3.28. The third-order valence-corrected chi connectivity index (χ3v) is 6.53. The van der Waals surface area contributed by atoms with E-state index in [4.69, 9.17) is 21.1 Å². The number of rotatable bonds is 4. The fourth-order valence-electron chi connectivity index (χ4n) is 4.64. The van der Waals surface area contributed by atoms with Crippen molar-refractivity contribution in [1.29, 1.82) is 0 Å². The Bertz CT molecular complexity index is 1290. The Morgan fingerprint density at radius 1 is 1.21 bits per heavy atom. The summed E-state index contributed by atoms with van der Waals surface area (Å²) in [4.78, 5) is 19.8. The number of aryl methyl sites for hydroxylation is 1. The van der Waals surface area contributed by atoms with E-state index in [1.54, 1.807) is 19.5 Å². The van der Waals surface area contributed by atoms with Crippen LogP contribution in [0.3, 0.4) is 0 Å². The van der Waals surface area contributed by atoms with Crippen molar-refractivity contribution in [2.45, 2.75) is 38.8 Å². The fourth-order valence-corrected chi connectivity index (χ4v) is 4.76. The molecule has 7 heteroatoms. The molecule has 0 spiro atoms. The number of hydrogen-bond donors (Lipinski definition) is 0. The summed E-state index contributed by atoms with van der Waals surface area (Å²) in [5.41, 5.74) is 4.60. The predicted octanol–water partition coefficient (Wildman–Crippen LogP) is 5.85. The minimum atomic E-state index is -0.228. The van der Waals surface area contributed by atoms with Crippen molar-refractivity contribution < 1.29 is 14.3 Å². The number of hydrogen-bond acceptors (Lipinski definition) is 4. The molecule has 3 heterocycles. The van der Waals surface area contributed by atoms with Crippen molar-refractivity contribution in [3.8, 4) is 11.4 Å². The first kappa shape index (κ1) is 22.3. The second-order valence-corrected chi connectivity index (χ2v) is 9.01. The van der Waals surface area contributed by atoms with Gasteiger partial charge in [-0.05, 0) is 68.2 Å². The van der Waals surface area contributed by atoms with Crippen molar-refractivity contribution in [2.24, 2.45) is 0 Å². The Morgan fingerprint density at radius 2 is 2.00 bits per heavy atom. The van der Waals surface area contributed by atoms with Gasteiger partial charge in [-0.2, -0.15) is 0 Å². The summed E-state index contributed by atoms with van der Waals surface area (Å²) < 4.78 is 13.6. The molecule has 2 aliphatic heterocycles. The van der Waals surface area contributed by atoms with Crippen LogP contribution in [0.1, 0.15) is 42.6 Å². The number of nitrogens with zero attached hydrogens (tertiary/aromatic N) is 3. The van der Waals surface area contributed by atoms with Gasteiger partial charge in [0, 0.05) is 11.2 Å². The fraction of sp³-hybridized carbons (Fsp3) is 0.259. The van der Waals surface area contributed by atoms with Crippen LogP contribution in [0.15, 0.2) is 72.5 Å². The van der Waals surface area contributed by atoms with Gasteiger partial charge in [-0.1, -0.05) is 35.9 Å². The molecule has 174 valence electrons. The number of methoxy groups -OCH3 is 1. The van der Waals surface area contributed by atoms with E-state index in [2.05, 4.69) is 11.1 Å². The number of morpholine rings is 1. The van der Waals surface area contributed by atoms with E-state index in [1.165, 1.54) is 0 Å². The summed E-state index contributed by atoms with van der Waals surface area (Å²) in [5, 5.41) is 0.681. The molecule has 2 unspecified atom stereocenters. The molecule has 0 N–H and O–H groups in total. The molecule has 2 atom stereocenters. The van der Waals surface area contributed by atoms with Crippen LogP contribution in [-0.2, 0) is 9.53 Å². The smallest absolute Gasteiger partial charge is 0.293 e. The van der Waals surface area contributed by atoms with Gasteiger partial charge in [-0.3, -0.25) is 9.69 Å². The summed E-state index contributed by atoms with van der Waals surface area (Å²) in [7, 11) is 1.63. The van der Waals surface area contributed by atoms with Gasteiger partial charge in [0.25, 0.3) is 5.91 Å². The highest BCUT2D eigenvalue weighted by Gasteiger charge is 2.40. The first-order valence-electron chi connectivity index (χ1n) is 11.3. The quantitative estimate of drug-likeness (QED) is 0.444.